The molecule has 0 aromatic heterocycles. The molecule has 0 fully saturated rings. The van der Waals surface area contributed by atoms with Gasteiger partial charge in [0.25, 0.3) is 5.95 Å². The van der Waals surface area contributed by atoms with Crippen LogP contribution in [0.5, 0.6) is 11.5 Å². The number of Topliss-reactive ketones (excluding diaryl/α,β-unsaturated/α-hetero) is 1. The smallest absolute Gasteiger partial charge is 0.285 e. The number of halogens is 2. The van der Waals surface area contributed by atoms with Gasteiger partial charge in [-0.15, -0.1) is 0 Å². The van der Waals surface area contributed by atoms with E-state index < -0.39 is 10.8 Å². The van der Waals surface area contributed by atoms with Crippen LogP contribution in [0.4, 0.5) is 0 Å². The third-order valence-electron chi connectivity index (χ3n) is 3.82. The lowest BCUT2D eigenvalue weighted by Gasteiger charge is -2.16. The highest BCUT2D eigenvalue weighted by atomic mass is 79.9. The fourth-order valence-electron chi connectivity index (χ4n) is 2.43. The Morgan fingerprint density at radius 2 is 1.68 bits per heavy atom. The predicted octanol–water partition coefficient (Wildman–Crippen LogP) is 6.58. The molecular formula is C23H22Br2O5S. The summed E-state index contributed by atoms with van der Waals surface area (Å²) in [6, 6.07) is 14.4. The Hall–Kier alpha value is -2.16. The maximum Gasteiger partial charge on any atom is 0.285 e. The second-order valence-corrected chi connectivity index (χ2v) is 9.73. The molecule has 8 heteroatoms. The second-order valence-electron chi connectivity index (χ2n) is 6.50. The van der Waals surface area contributed by atoms with Crippen LogP contribution in [0.25, 0.3) is 0 Å². The fraction of sp³-hybridized carbons (Fsp3) is 0.174. The van der Waals surface area contributed by atoms with Crippen molar-refractivity contribution in [3.63, 3.8) is 0 Å². The largest absolute Gasteiger partial charge is 0.497 e. The number of hydrogen-bond acceptors (Lipinski definition) is 5. The van der Waals surface area contributed by atoms with Gasteiger partial charge in [-0.3, -0.25) is 0 Å². The zero-order chi connectivity index (χ0) is 23.0. The summed E-state index contributed by atoms with van der Waals surface area (Å²) in [5.41, 5.74) is 0.597. The third-order valence-corrected chi connectivity index (χ3v) is 7.25. The molecule has 2 aromatic rings. The van der Waals surface area contributed by atoms with E-state index in [-0.39, 0.29) is 11.7 Å². The molecule has 0 aliphatic heterocycles. The lowest BCUT2D eigenvalue weighted by atomic mass is 10.1. The van der Waals surface area contributed by atoms with Crippen LogP contribution < -0.4 is 9.47 Å². The molecule has 2 aromatic carbocycles. The topological polar surface area (TPSA) is 72.8 Å². The van der Waals surface area contributed by atoms with Crippen LogP contribution in [-0.4, -0.2) is 22.2 Å². The number of para-hydroxylation sites is 1. The number of hydrogen-bond donors (Lipinski definition) is 1. The van der Waals surface area contributed by atoms with Crippen LogP contribution in [0.15, 0.2) is 91.0 Å². The van der Waals surface area contributed by atoms with E-state index in [0.29, 0.717) is 37.8 Å². The van der Waals surface area contributed by atoms with Gasteiger partial charge in [-0.2, -0.15) is 0 Å². The molecule has 5 nitrogen and oxygen atoms in total. The molecule has 0 saturated carbocycles. The molecule has 0 saturated heterocycles. The first-order valence-corrected chi connectivity index (χ1v) is 11.9. The molecule has 1 aliphatic rings. The number of benzene rings is 2. The second kappa shape index (κ2) is 12.0. The standard InChI is InChI=1S/C20H16Br2O4S.C3H6O/c1-25-15-8-10-19(17(22)12-15)27(24)18-9-7-13(11-16(18)21)20(23)26-14-5-3-2-4-6-14;1-3(2)4/h2-10,12,23H,11H2,1H3;1-2H3. The molecule has 31 heavy (non-hydrogen) atoms. The molecule has 1 N–H and O–H groups in total. The Morgan fingerprint density at radius 3 is 2.23 bits per heavy atom. The number of ketones is 1. The summed E-state index contributed by atoms with van der Waals surface area (Å²) in [5.74, 6) is 1.22. The normalized spacial score (nSPS) is 15.5. The van der Waals surface area contributed by atoms with Crippen LogP contribution in [-0.2, 0) is 15.6 Å². The van der Waals surface area contributed by atoms with Crippen molar-refractivity contribution < 1.29 is 23.6 Å². The highest BCUT2D eigenvalue weighted by Gasteiger charge is 2.21. The first kappa shape index (κ1) is 25.1. The lowest BCUT2D eigenvalue weighted by molar-refractivity contribution is -0.114. The van der Waals surface area contributed by atoms with E-state index in [1.165, 1.54) is 13.8 Å². The van der Waals surface area contributed by atoms with E-state index in [1.54, 1.807) is 49.6 Å². The SMILES string of the molecule is CC(C)=O.COc1ccc(S(=O)C2=C(Br)CC(=C(O)Oc3ccccc3)C=C2)c(Br)c1. The molecule has 1 unspecified atom stereocenters. The third kappa shape index (κ3) is 7.48. The van der Waals surface area contributed by atoms with Crippen molar-refractivity contribution in [1.82, 2.24) is 0 Å². The molecular weight excluding hydrogens is 548 g/mol. The number of carbonyl (C=O) groups excluding carboxylic acids is 1. The minimum atomic E-state index is -1.39. The van der Waals surface area contributed by atoms with E-state index in [0.717, 1.165) is 4.48 Å². The number of carbonyl (C=O) groups is 1. The van der Waals surface area contributed by atoms with Crippen LogP contribution in [0, 0.1) is 0 Å². The summed E-state index contributed by atoms with van der Waals surface area (Å²) in [4.78, 5) is 10.7. The summed E-state index contributed by atoms with van der Waals surface area (Å²) in [6.07, 6.45) is 3.82. The van der Waals surface area contributed by atoms with Gasteiger partial charge in [0.1, 0.15) is 17.3 Å². The van der Waals surface area contributed by atoms with Gasteiger partial charge < -0.3 is 19.4 Å². The molecule has 3 rings (SSSR count). The number of methoxy groups -OCH3 is 1. The Labute approximate surface area is 201 Å². The van der Waals surface area contributed by atoms with Crippen molar-refractivity contribution in [3.8, 4) is 11.5 Å². The highest BCUT2D eigenvalue weighted by Crippen LogP contribution is 2.35. The molecule has 1 atom stereocenters. The number of allylic oxidation sites excluding steroid dienone is 4. The Morgan fingerprint density at radius 1 is 1.03 bits per heavy atom. The molecule has 1 aliphatic carbocycles. The summed E-state index contributed by atoms with van der Waals surface area (Å²) < 4.78 is 25.1. The van der Waals surface area contributed by atoms with Crippen molar-refractivity contribution in [2.75, 3.05) is 7.11 Å². The predicted molar refractivity (Wildman–Crippen MR) is 130 cm³/mol. The Bertz CT molecular complexity index is 1050. The van der Waals surface area contributed by atoms with Gasteiger partial charge in [0, 0.05) is 20.9 Å². The average molecular weight is 570 g/mol. The van der Waals surface area contributed by atoms with Gasteiger partial charge in [0.2, 0.25) is 0 Å². The van der Waals surface area contributed by atoms with Gasteiger partial charge in [0.05, 0.1) is 27.7 Å². The maximum atomic E-state index is 13.0. The van der Waals surface area contributed by atoms with Crippen molar-refractivity contribution in [2.24, 2.45) is 0 Å². The van der Waals surface area contributed by atoms with E-state index in [9.17, 15) is 14.1 Å². The average Bonchev–Trinajstić information content (AvgIpc) is 2.73. The molecule has 0 heterocycles. The Balaban J connectivity index is 0.000000785. The quantitative estimate of drug-likeness (QED) is 0.412. The maximum absolute atomic E-state index is 13.0. The van der Waals surface area contributed by atoms with E-state index in [4.69, 9.17) is 9.47 Å². The number of ether oxygens (including phenoxy) is 2. The van der Waals surface area contributed by atoms with Crippen molar-refractivity contribution >= 4 is 48.4 Å². The van der Waals surface area contributed by atoms with Crippen molar-refractivity contribution in [1.29, 1.82) is 0 Å². The molecule has 0 radical (unpaired) electrons. The van der Waals surface area contributed by atoms with Crippen LogP contribution in [0.1, 0.15) is 20.3 Å². The van der Waals surface area contributed by atoms with Crippen molar-refractivity contribution in [3.05, 3.63) is 86.1 Å². The monoisotopic (exact) mass is 568 g/mol. The first-order valence-electron chi connectivity index (χ1n) is 9.17. The Kier molecular flexibility index (Phi) is 9.74. The summed E-state index contributed by atoms with van der Waals surface area (Å²) >= 11 is 6.94. The van der Waals surface area contributed by atoms with E-state index in [2.05, 4.69) is 31.9 Å². The van der Waals surface area contributed by atoms with Crippen LogP contribution >= 0.6 is 31.9 Å². The summed E-state index contributed by atoms with van der Waals surface area (Å²) in [5, 5.41) is 10.3. The number of rotatable bonds is 5. The minimum absolute atomic E-state index is 0.167. The van der Waals surface area contributed by atoms with Gasteiger partial charge >= 0.3 is 0 Å². The zero-order valence-corrected chi connectivity index (χ0v) is 21.2. The lowest BCUT2D eigenvalue weighted by Crippen LogP contribution is -2.05. The molecule has 0 amide bonds. The summed E-state index contributed by atoms with van der Waals surface area (Å²) in [7, 11) is 0.193. The van der Waals surface area contributed by atoms with Crippen LogP contribution in [0.2, 0.25) is 0 Å². The summed E-state index contributed by atoms with van der Waals surface area (Å²) in [6.45, 7) is 3.06. The molecule has 0 spiro atoms. The van der Waals surface area contributed by atoms with Crippen molar-refractivity contribution in [2.45, 2.75) is 25.2 Å². The highest BCUT2D eigenvalue weighted by molar-refractivity contribution is 9.11. The number of aliphatic hydroxyl groups excluding tert-OH is 1. The minimum Gasteiger partial charge on any atom is -0.497 e. The van der Waals surface area contributed by atoms with E-state index >= 15 is 0 Å². The van der Waals surface area contributed by atoms with E-state index in [1.807, 2.05) is 18.2 Å². The van der Waals surface area contributed by atoms with Gasteiger partial charge in [-0.25, -0.2) is 4.21 Å². The van der Waals surface area contributed by atoms with Crippen LogP contribution in [0.3, 0.4) is 0 Å². The fourth-order valence-corrected chi connectivity index (χ4v) is 5.24. The van der Waals surface area contributed by atoms with Gasteiger partial charge in [-0.1, -0.05) is 40.2 Å². The van der Waals surface area contributed by atoms with Gasteiger partial charge in [0.15, 0.2) is 0 Å². The molecule has 0 bridgehead atoms. The molecule has 164 valence electrons. The number of aliphatic hydroxyl groups is 1. The zero-order valence-electron chi connectivity index (χ0n) is 17.2. The van der Waals surface area contributed by atoms with Gasteiger partial charge in [-0.05, 0) is 66.2 Å². The first-order chi connectivity index (χ1) is 14.7.